The summed E-state index contributed by atoms with van der Waals surface area (Å²) in [4.78, 5) is 20.9. The number of thioether (sulfide) groups is 1. The van der Waals surface area contributed by atoms with Crippen molar-refractivity contribution in [1.82, 2.24) is 19.7 Å². The first-order chi connectivity index (χ1) is 14.6. The highest BCUT2D eigenvalue weighted by atomic mass is 32.2. The van der Waals surface area contributed by atoms with Crippen LogP contribution < -0.4 is 10.1 Å². The topological polar surface area (TPSA) is 77.0 Å². The molecule has 9 heteroatoms. The Balaban J connectivity index is 1.41. The Morgan fingerprint density at radius 2 is 1.90 bits per heavy atom. The first-order valence-electron chi connectivity index (χ1n) is 9.03. The Morgan fingerprint density at radius 1 is 1.13 bits per heavy atom. The molecule has 1 amide bonds. The second-order valence-corrected chi connectivity index (χ2v) is 8.05. The number of hydrogen-bond acceptors (Lipinski definition) is 7. The maximum atomic E-state index is 13.2. The van der Waals surface area contributed by atoms with Gasteiger partial charge in [-0.05, 0) is 53.5 Å². The first kappa shape index (κ1) is 20.2. The number of hydrogen-bond donors (Lipinski definition) is 1. The van der Waals surface area contributed by atoms with E-state index in [0.29, 0.717) is 22.8 Å². The van der Waals surface area contributed by atoms with Crippen LogP contribution in [0, 0.1) is 5.82 Å². The molecule has 0 spiro atoms. The van der Waals surface area contributed by atoms with Crippen molar-refractivity contribution < 1.29 is 13.9 Å². The van der Waals surface area contributed by atoms with E-state index >= 15 is 0 Å². The third-order valence-electron chi connectivity index (χ3n) is 4.33. The third kappa shape index (κ3) is 4.58. The summed E-state index contributed by atoms with van der Waals surface area (Å²) in [5.74, 6) is 0.611. The number of ether oxygens (including phenoxy) is 1. The molecule has 0 atom stereocenters. The molecule has 0 fully saturated rings. The van der Waals surface area contributed by atoms with Gasteiger partial charge in [-0.2, -0.15) is 4.37 Å². The summed E-state index contributed by atoms with van der Waals surface area (Å²) in [5, 5.41) is 3.60. The van der Waals surface area contributed by atoms with Crippen molar-refractivity contribution >= 4 is 39.4 Å². The van der Waals surface area contributed by atoms with Crippen molar-refractivity contribution in [1.29, 1.82) is 0 Å². The summed E-state index contributed by atoms with van der Waals surface area (Å²) < 4.78 is 23.6. The normalized spacial score (nSPS) is 10.9. The minimum atomic E-state index is -0.301. The van der Waals surface area contributed by atoms with Gasteiger partial charge < -0.3 is 10.1 Å². The molecule has 0 aliphatic heterocycles. The zero-order chi connectivity index (χ0) is 20.9. The van der Waals surface area contributed by atoms with E-state index in [9.17, 15) is 9.18 Å². The van der Waals surface area contributed by atoms with E-state index < -0.39 is 0 Å². The Labute approximate surface area is 180 Å². The monoisotopic (exact) mass is 440 g/mol. The molecule has 6 nitrogen and oxygen atoms in total. The lowest BCUT2D eigenvalue weighted by Crippen LogP contribution is -2.24. The summed E-state index contributed by atoms with van der Waals surface area (Å²) in [6, 6.07) is 13.7. The fraction of sp³-hybridized carbons (Fsp3) is 0.143. The molecule has 2 aromatic carbocycles. The number of aromatic nitrogens is 3. The number of nitrogens with one attached hydrogen (secondary N) is 1. The van der Waals surface area contributed by atoms with Crippen LogP contribution in [0.15, 0.2) is 59.9 Å². The lowest BCUT2D eigenvalue weighted by molar-refractivity contribution is -0.118. The van der Waals surface area contributed by atoms with Crippen LogP contribution >= 0.6 is 23.3 Å². The molecule has 0 saturated heterocycles. The van der Waals surface area contributed by atoms with Gasteiger partial charge in [0.2, 0.25) is 5.91 Å². The van der Waals surface area contributed by atoms with Crippen molar-refractivity contribution in [2.75, 3.05) is 12.9 Å². The second-order valence-electron chi connectivity index (χ2n) is 6.31. The van der Waals surface area contributed by atoms with E-state index in [-0.39, 0.29) is 17.5 Å². The van der Waals surface area contributed by atoms with E-state index in [1.807, 2.05) is 24.3 Å². The number of rotatable bonds is 7. The lowest BCUT2D eigenvalue weighted by atomic mass is 10.1. The van der Waals surface area contributed by atoms with Gasteiger partial charge in [0.1, 0.15) is 38.8 Å². The summed E-state index contributed by atoms with van der Waals surface area (Å²) in [6.45, 7) is 0.442. The minimum absolute atomic E-state index is 0.0918. The summed E-state index contributed by atoms with van der Waals surface area (Å²) in [6.07, 6.45) is 1.46. The fourth-order valence-electron chi connectivity index (χ4n) is 2.77. The highest BCUT2D eigenvalue weighted by Gasteiger charge is 2.15. The Hall–Kier alpha value is -3.04. The SMILES string of the molecule is COc1ccc(CNC(=O)CSc2ncnc3c(-c4ccc(F)cc4)nsc23)cc1. The average molecular weight is 441 g/mol. The van der Waals surface area contributed by atoms with Crippen LogP contribution in [0.3, 0.4) is 0 Å². The Morgan fingerprint density at radius 3 is 2.63 bits per heavy atom. The number of nitrogens with zero attached hydrogens (tertiary/aromatic N) is 3. The molecule has 0 radical (unpaired) electrons. The van der Waals surface area contributed by atoms with E-state index in [0.717, 1.165) is 21.6 Å². The molecule has 2 heterocycles. The van der Waals surface area contributed by atoms with Gasteiger partial charge in [0, 0.05) is 12.1 Å². The average Bonchev–Trinajstić information content (AvgIpc) is 3.22. The minimum Gasteiger partial charge on any atom is -0.497 e. The second kappa shape index (κ2) is 9.19. The molecule has 4 aromatic rings. The van der Waals surface area contributed by atoms with Crippen LogP contribution in [0.2, 0.25) is 0 Å². The third-order valence-corrected chi connectivity index (χ3v) is 6.29. The number of halogens is 1. The van der Waals surface area contributed by atoms with Gasteiger partial charge in [-0.15, -0.1) is 0 Å². The standard InChI is InChI=1S/C21H17FN4O2S2/c1-28-16-8-2-13(3-9-16)10-23-17(27)11-29-21-20-19(24-12-25-21)18(26-30-20)14-4-6-15(22)7-5-14/h2-9,12H,10-11H2,1H3,(H,23,27). The van der Waals surface area contributed by atoms with Crippen molar-refractivity contribution in [3.05, 3.63) is 66.2 Å². The molecule has 1 N–H and O–H groups in total. The number of amides is 1. The number of carbonyl (C=O) groups excluding carboxylic acids is 1. The molecule has 0 aliphatic rings. The van der Waals surface area contributed by atoms with Gasteiger partial charge in [0.15, 0.2) is 0 Å². The van der Waals surface area contributed by atoms with Crippen LogP contribution in [0.1, 0.15) is 5.56 Å². The fourth-order valence-corrected chi connectivity index (χ4v) is 4.52. The predicted octanol–water partition coefficient (Wildman–Crippen LogP) is 4.31. The van der Waals surface area contributed by atoms with Crippen LogP contribution in [0.5, 0.6) is 5.75 Å². The summed E-state index contributed by atoms with van der Waals surface area (Å²) in [5.41, 5.74) is 3.16. The molecular formula is C21H17FN4O2S2. The van der Waals surface area contributed by atoms with Gasteiger partial charge in [-0.1, -0.05) is 23.9 Å². The Bertz CT molecular complexity index is 1160. The highest BCUT2D eigenvalue weighted by Crippen LogP contribution is 2.34. The number of methoxy groups -OCH3 is 1. The molecule has 30 heavy (non-hydrogen) atoms. The molecule has 2 aromatic heterocycles. The number of fused-ring (bicyclic) bond motifs is 1. The largest absolute Gasteiger partial charge is 0.497 e. The summed E-state index contributed by atoms with van der Waals surface area (Å²) >= 11 is 2.61. The maximum Gasteiger partial charge on any atom is 0.230 e. The van der Waals surface area contributed by atoms with Gasteiger partial charge in [-0.3, -0.25) is 4.79 Å². The van der Waals surface area contributed by atoms with Crippen molar-refractivity contribution in [2.45, 2.75) is 11.6 Å². The van der Waals surface area contributed by atoms with Crippen molar-refractivity contribution in [2.24, 2.45) is 0 Å². The molecule has 152 valence electrons. The zero-order valence-corrected chi connectivity index (χ0v) is 17.6. The van der Waals surface area contributed by atoms with Crippen LogP contribution in [-0.4, -0.2) is 33.1 Å². The smallest absolute Gasteiger partial charge is 0.230 e. The zero-order valence-electron chi connectivity index (χ0n) is 16.0. The molecule has 0 aliphatic carbocycles. The summed E-state index contributed by atoms with van der Waals surface area (Å²) in [7, 11) is 1.61. The van der Waals surface area contributed by atoms with Crippen LogP contribution in [0.4, 0.5) is 4.39 Å². The predicted molar refractivity (Wildman–Crippen MR) is 116 cm³/mol. The van der Waals surface area contributed by atoms with Gasteiger partial charge in [0.05, 0.1) is 12.9 Å². The Kier molecular flexibility index (Phi) is 6.20. The van der Waals surface area contributed by atoms with Crippen LogP contribution in [-0.2, 0) is 11.3 Å². The van der Waals surface area contributed by atoms with Crippen molar-refractivity contribution in [3.8, 4) is 17.0 Å². The molecule has 0 bridgehead atoms. The van der Waals surface area contributed by atoms with Crippen molar-refractivity contribution in [3.63, 3.8) is 0 Å². The van der Waals surface area contributed by atoms with Gasteiger partial charge >= 0.3 is 0 Å². The quantitative estimate of drug-likeness (QED) is 0.341. The van der Waals surface area contributed by atoms with Gasteiger partial charge in [0.25, 0.3) is 0 Å². The van der Waals surface area contributed by atoms with E-state index in [1.54, 1.807) is 19.2 Å². The first-order valence-corrected chi connectivity index (χ1v) is 10.8. The maximum absolute atomic E-state index is 13.2. The molecule has 4 rings (SSSR count). The van der Waals surface area contributed by atoms with Crippen LogP contribution in [0.25, 0.3) is 21.5 Å². The van der Waals surface area contributed by atoms with E-state index in [1.165, 1.54) is 41.8 Å². The highest BCUT2D eigenvalue weighted by molar-refractivity contribution is 8.00. The molecule has 0 saturated carbocycles. The molecule has 0 unspecified atom stereocenters. The lowest BCUT2D eigenvalue weighted by Gasteiger charge is -2.06. The van der Waals surface area contributed by atoms with E-state index in [4.69, 9.17) is 4.74 Å². The molecular weight excluding hydrogens is 423 g/mol. The number of carbonyl (C=O) groups is 1. The number of benzene rings is 2. The van der Waals surface area contributed by atoms with E-state index in [2.05, 4.69) is 19.7 Å². The van der Waals surface area contributed by atoms with Gasteiger partial charge in [-0.25, -0.2) is 14.4 Å².